The molecule has 1 aromatic rings. The quantitative estimate of drug-likeness (QED) is 0.681. The van der Waals surface area contributed by atoms with Gasteiger partial charge < -0.3 is 9.84 Å². The molecule has 0 saturated heterocycles. The van der Waals surface area contributed by atoms with Crippen molar-refractivity contribution < 1.29 is 32.2 Å². The minimum Gasteiger partial charge on any atom is -0.464 e. The molecule has 2 atom stereocenters. The third kappa shape index (κ3) is 3.92. The zero-order chi connectivity index (χ0) is 14.6. The van der Waals surface area contributed by atoms with Gasteiger partial charge in [-0.2, -0.15) is 13.2 Å². The third-order valence-corrected chi connectivity index (χ3v) is 2.34. The van der Waals surface area contributed by atoms with E-state index < -0.39 is 30.0 Å². The minimum atomic E-state index is -4.61. The van der Waals surface area contributed by atoms with E-state index in [1.807, 2.05) is 0 Å². The molecule has 0 amide bonds. The Balaban J connectivity index is 2.94. The van der Waals surface area contributed by atoms with Crippen LogP contribution in [0.25, 0.3) is 0 Å². The number of hydrogen-bond acceptors (Lipinski definition) is 3. The van der Waals surface area contributed by atoms with Crippen LogP contribution in [-0.2, 0) is 15.7 Å². The summed E-state index contributed by atoms with van der Waals surface area (Å²) in [7, 11) is 0. The summed E-state index contributed by atoms with van der Waals surface area (Å²) in [5.74, 6) is -1.31. The highest BCUT2D eigenvalue weighted by molar-refractivity contribution is 5.75. The van der Waals surface area contributed by atoms with Crippen LogP contribution in [0.4, 0.5) is 17.6 Å². The van der Waals surface area contributed by atoms with E-state index in [0.29, 0.717) is 6.07 Å². The van der Waals surface area contributed by atoms with Crippen LogP contribution in [0.15, 0.2) is 24.3 Å². The molecule has 1 rings (SSSR count). The number of aliphatic hydroxyl groups excluding tert-OH is 1. The van der Waals surface area contributed by atoms with E-state index in [2.05, 4.69) is 4.74 Å². The number of alkyl halides is 4. The second-order valence-corrected chi connectivity index (χ2v) is 3.72. The molecule has 1 aromatic carbocycles. The molecule has 19 heavy (non-hydrogen) atoms. The molecule has 0 aliphatic carbocycles. The lowest BCUT2D eigenvalue weighted by Crippen LogP contribution is -2.26. The number of ether oxygens (including phenoxy) is 1. The number of hydrogen-bond donors (Lipinski definition) is 1. The van der Waals surface area contributed by atoms with E-state index >= 15 is 0 Å². The number of aliphatic hydroxyl groups is 1. The van der Waals surface area contributed by atoms with Crippen LogP contribution >= 0.6 is 0 Å². The predicted molar refractivity (Wildman–Crippen MR) is 57.9 cm³/mol. The maximum absolute atomic E-state index is 13.5. The lowest BCUT2D eigenvalue weighted by molar-refractivity contribution is -0.153. The lowest BCUT2D eigenvalue weighted by atomic mass is 10.0. The van der Waals surface area contributed by atoms with E-state index in [1.54, 1.807) is 0 Å². The molecule has 0 radical (unpaired) electrons. The highest BCUT2D eigenvalue weighted by atomic mass is 19.4. The van der Waals surface area contributed by atoms with Gasteiger partial charge >= 0.3 is 12.1 Å². The maximum Gasteiger partial charge on any atom is 0.416 e. The second-order valence-electron chi connectivity index (χ2n) is 3.72. The number of carbonyl (C=O) groups is 1. The number of rotatable bonds is 4. The van der Waals surface area contributed by atoms with Gasteiger partial charge in [0.15, 0.2) is 0 Å². The fourth-order valence-electron chi connectivity index (χ4n) is 1.42. The van der Waals surface area contributed by atoms with Crippen LogP contribution in [-0.4, -0.2) is 23.9 Å². The fraction of sp³-hybridized carbons (Fsp3) is 0.417. The molecule has 0 aliphatic heterocycles. The van der Waals surface area contributed by atoms with E-state index in [4.69, 9.17) is 0 Å². The Morgan fingerprint density at radius 1 is 1.42 bits per heavy atom. The lowest BCUT2D eigenvalue weighted by Gasteiger charge is -2.16. The van der Waals surface area contributed by atoms with Crippen LogP contribution in [0.3, 0.4) is 0 Å². The Bertz CT molecular complexity index is 445. The van der Waals surface area contributed by atoms with Gasteiger partial charge in [0.1, 0.15) is 6.10 Å². The van der Waals surface area contributed by atoms with Gasteiger partial charge in [0, 0.05) is 0 Å². The van der Waals surface area contributed by atoms with Crippen molar-refractivity contribution in [1.29, 1.82) is 0 Å². The zero-order valence-electron chi connectivity index (χ0n) is 9.95. The molecular weight excluding hydrogens is 268 g/mol. The Morgan fingerprint density at radius 2 is 2.05 bits per heavy atom. The van der Waals surface area contributed by atoms with Gasteiger partial charge in [-0.15, -0.1) is 0 Å². The average molecular weight is 280 g/mol. The van der Waals surface area contributed by atoms with Crippen molar-refractivity contribution in [3.05, 3.63) is 35.4 Å². The van der Waals surface area contributed by atoms with E-state index in [9.17, 15) is 27.5 Å². The summed E-state index contributed by atoms with van der Waals surface area (Å²) in [5.41, 5.74) is -1.37. The number of esters is 1. The molecule has 0 bridgehead atoms. The van der Waals surface area contributed by atoms with Crippen molar-refractivity contribution in [1.82, 2.24) is 0 Å². The summed E-state index contributed by atoms with van der Waals surface area (Å²) in [4.78, 5) is 11.1. The van der Waals surface area contributed by atoms with Crippen molar-refractivity contribution in [2.75, 3.05) is 6.61 Å². The van der Waals surface area contributed by atoms with Gasteiger partial charge in [-0.3, -0.25) is 0 Å². The first-order valence-electron chi connectivity index (χ1n) is 5.43. The maximum atomic E-state index is 13.5. The molecule has 3 nitrogen and oxygen atoms in total. The van der Waals surface area contributed by atoms with Crippen LogP contribution < -0.4 is 0 Å². The Kier molecular flexibility index (Phi) is 4.88. The normalized spacial score (nSPS) is 14.8. The van der Waals surface area contributed by atoms with Crippen molar-refractivity contribution in [2.45, 2.75) is 25.4 Å². The van der Waals surface area contributed by atoms with Crippen molar-refractivity contribution in [3.8, 4) is 0 Å². The third-order valence-electron chi connectivity index (χ3n) is 2.34. The predicted octanol–water partition coefficient (Wildman–Crippen LogP) is 2.64. The van der Waals surface area contributed by atoms with Gasteiger partial charge in [-0.1, -0.05) is 12.1 Å². The molecule has 1 N–H and O–H groups in total. The summed E-state index contributed by atoms with van der Waals surface area (Å²) < 4.78 is 55.2. The smallest absolute Gasteiger partial charge is 0.416 e. The highest BCUT2D eigenvalue weighted by Crippen LogP contribution is 2.31. The number of carbonyl (C=O) groups excluding carboxylic acids is 1. The van der Waals surface area contributed by atoms with Crippen molar-refractivity contribution in [3.63, 3.8) is 0 Å². The number of halogens is 4. The second kappa shape index (κ2) is 6.01. The Hall–Kier alpha value is -1.63. The fourth-order valence-corrected chi connectivity index (χ4v) is 1.42. The van der Waals surface area contributed by atoms with Crippen LogP contribution in [0.1, 0.15) is 24.2 Å². The first kappa shape index (κ1) is 15.4. The highest BCUT2D eigenvalue weighted by Gasteiger charge is 2.33. The summed E-state index contributed by atoms with van der Waals surface area (Å²) in [6.07, 6.45) is -9.03. The van der Waals surface area contributed by atoms with Crippen molar-refractivity contribution in [2.24, 2.45) is 0 Å². The van der Waals surface area contributed by atoms with E-state index in [1.165, 1.54) is 6.92 Å². The van der Waals surface area contributed by atoms with Gasteiger partial charge in [0.2, 0.25) is 6.17 Å². The molecule has 7 heteroatoms. The van der Waals surface area contributed by atoms with Crippen LogP contribution in [0.5, 0.6) is 0 Å². The molecule has 2 unspecified atom stereocenters. The topological polar surface area (TPSA) is 46.5 Å². The van der Waals surface area contributed by atoms with Gasteiger partial charge in [-0.05, 0) is 24.6 Å². The zero-order valence-corrected chi connectivity index (χ0v) is 9.95. The van der Waals surface area contributed by atoms with Crippen LogP contribution in [0, 0.1) is 0 Å². The summed E-state index contributed by atoms with van der Waals surface area (Å²) in [6.45, 7) is 1.36. The first-order valence-corrected chi connectivity index (χ1v) is 5.43. The molecule has 0 aliphatic rings. The molecule has 106 valence electrons. The van der Waals surface area contributed by atoms with Gasteiger partial charge in [0.25, 0.3) is 0 Å². The largest absolute Gasteiger partial charge is 0.464 e. The Morgan fingerprint density at radius 3 is 2.58 bits per heavy atom. The van der Waals surface area contributed by atoms with E-state index in [0.717, 1.165) is 18.2 Å². The van der Waals surface area contributed by atoms with Gasteiger partial charge in [0.05, 0.1) is 12.2 Å². The number of benzene rings is 1. The monoisotopic (exact) mass is 280 g/mol. The molecule has 0 saturated carbocycles. The molecule has 0 aromatic heterocycles. The van der Waals surface area contributed by atoms with E-state index in [-0.39, 0.29) is 12.2 Å². The molecule has 0 heterocycles. The van der Waals surface area contributed by atoms with Gasteiger partial charge in [-0.25, -0.2) is 9.18 Å². The molecule has 0 fully saturated rings. The standard InChI is InChI=1S/C12H12F4O3/c1-2-19-11(18)9(13)10(17)7-4-3-5-8(6-7)12(14,15)16/h3-6,9-10,17H,2H2,1H3. The first-order chi connectivity index (χ1) is 8.77. The molecular formula is C12H12F4O3. The molecule has 0 spiro atoms. The van der Waals surface area contributed by atoms with Crippen molar-refractivity contribution >= 4 is 5.97 Å². The SMILES string of the molecule is CCOC(=O)C(F)C(O)c1cccc(C(F)(F)F)c1. The van der Waals surface area contributed by atoms with Crippen LogP contribution in [0.2, 0.25) is 0 Å². The summed E-state index contributed by atoms with van der Waals surface area (Å²) in [6, 6.07) is 3.51. The summed E-state index contributed by atoms with van der Waals surface area (Å²) in [5, 5.41) is 9.53. The summed E-state index contributed by atoms with van der Waals surface area (Å²) >= 11 is 0. The Labute approximate surface area is 106 Å². The average Bonchev–Trinajstić information content (AvgIpc) is 2.36. The minimum absolute atomic E-state index is 0.0887.